The maximum absolute atomic E-state index is 12.1. The van der Waals surface area contributed by atoms with Crippen LogP contribution in [0.3, 0.4) is 0 Å². The summed E-state index contributed by atoms with van der Waals surface area (Å²) in [5.41, 5.74) is 1.92. The topological polar surface area (TPSA) is 44.4 Å². The Morgan fingerprint density at radius 3 is 3.00 bits per heavy atom. The Hall–Kier alpha value is -1.39. The highest BCUT2D eigenvalue weighted by Crippen LogP contribution is 2.08. The maximum Gasteiger partial charge on any atom is 0.251 e. The number of hydrogen-bond acceptors (Lipinski definition) is 3. The van der Waals surface area contributed by atoms with Crippen LogP contribution in [0.1, 0.15) is 22.3 Å². The molecule has 18 heavy (non-hydrogen) atoms. The number of benzene rings is 1. The van der Waals surface area contributed by atoms with E-state index >= 15 is 0 Å². The van der Waals surface area contributed by atoms with Gasteiger partial charge < -0.3 is 15.5 Å². The lowest BCUT2D eigenvalue weighted by atomic mass is 10.1. The molecule has 0 saturated carbocycles. The van der Waals surface area contributed by atoms with Crippen molar-refractivity contribution in [2.24, 2.45) is 0 Å². The number of nitrogens with zero attached hydrogens (tertiary/aromatic N) is 1. The van der Waals surface area contributed by atoms with Crippen molar-refractivity contribution in [3.05, 3.63) is 35.4 Å². The van der Waals surface area contributed by atoms with Gasteiger partial charge in [0, 0.05) is 24.7 Å². The lowest BCUT2D eigenvalue weighted by Gasteiger charge is -2.13. The first-order valence-corrected chi connectivity index (χ1v) is 6.40. The van der Waals surface area contributed by atoms with Crippen molar-refractivity contribution < 1.29 is 4.79 Å². The minimum atomic E-state index is 0.0318. The number of carbonyl (C=O) groups excluding carboxylic acids is 1. The Bertz CT molecular complexity index is 411. The summed E-state index contributed by atoms with van der Waals surface area (Å²) in [7, 11) is 4.05. The largest absolute Gasteiger partial charge is 0.348 e. The van der Waals surface area contributed by atoms with Gasteiger partial charge in [0.2, 0.25) is 0 Å². The fourth-order valence-electron chi connectivity index (χ4n) is 2.22. The Morgan fingerprint density at radius 2 is 2.33 bits per heavy atom. The van der Waals surface area contributed by atoms with Crippen molar-refractivity contribution in [3.63, 3.8) is 0 Å². The summed E-state index contributed by atoms with van der Waals surface area (Å²) in [6.07, 6.45) is 1.02. The van der Waals surface area contributed by atoms with Crippen LogP contribution in [0.25, 0.3) is 0 Å². The molecule has 2 N–H and O–H groups in total. The Balaban J connectivity index is 2.00. The van der Waals surface area contributed by atoms with E-state index in [4.69, 9.17) is 0 Å². The van der Waals surface area contributed by atoms with Gasteiger partial charge in [-0.3, -0.25) is 4.79 Å². The molecule has 0 spiro atoms. The van der Waals surface area contributed by atoms with Crippen molar-refractivity contribution in [3.8, 4) is 0 Å². The Morgan fingerprint density at radius 1 is 1.50 bits per heavy atom. The fraction of sp³-hybridized carbons (Fsp3) is 0.500. The molecule has 1 aromatic rings. The van der Waals surface area contributed by atoms with Gasteiger partial charge in [0.15, 0.2) is 0 Å². The second-order valence-electron chi connectivity index (χ2n) is 5.10. The van der Waals surface area contributed by atoms with Crippen LogP contribution >= 0.6 is 0 Å². The molecule has 4 heteroatoms. The zero-order valence-corrected chi connectivity index (χ0v) is 11.1. The molecule has 1 aliphatic rings. The zero-order chi connectivity index (χ0) is 13.0. The van der Waals surface area contributed by atoms with E-state index in [-0.39, 0.29) is 11.9 Å². The molecule has 1 aromatic carbocycles. The molecule has 0 radical (unpaired) electrons. The van der Waals surface area contributed by atoms with E-state index in [0.717, 1.165) is 37.2 Å². The molecule has 1 unspecified atom stereocenters. The van der Waals surface area contributed by atoms with Crippen LogP contribution in [0.5, 0.6) is 0 Å². The van der Waals surface area contributed by atoms with Crippen molar-refractivity contribution in [2.75, 3.05) is 27.2 Å². The van der Waals surface area contributed by atoms with Crippen LogP contribution in [0.2, 0.25) is 0 Å². The highest BCUT2D eigenvalue weighted by atomic mass is 16.1. The van der Waals surface area contributed by atoms with E-state index in [9.17, 15) is 4.79 Å². The lowest BCUT2D eigenvalue weighted by Crippen LogP contribution is -2.36. The summed E-state index contributed by atoms with van der Waals surface area (Å²) in [6, 6.07) is 8.11. The quantitative estimate of drug-likeness (QED) is 0.828. The number of hydrogen-bond donors (Lipinski definition) is 2. The molecule has 4 nitrogen and oxygen atoms in total. The van der Waals surface area contributed by atoms with Crippen LogP contribution in [0.15, 0.2) is 24.3 Å². The first kappa shape index (κ1) is 13.1. The molecule has 0 aromatic heterocycles. The van der Waals surface area contributed by atoms with E-state index in [1.165, 1.54) is 0 Å². The van der Waals surface area contributed by atoms with Crippen LogP contribution in [-0.4, -0.2) is 44.0 Å². The highest BCUT2D eigenvalue weighted by Gasteiger charge is 2.17. The van der Waals surface area contributed by atoms with Gasteiger partial charge in [-0.2, -0.15) is 0 Å². The van der Waals surface area contributed by atoms with Crippen molar-refractivity contribution in [1.29, 1.82) is 0 Å². The first-order chi connectivity index (χ1) is 8.65. The smallest absolute Gasteiger partial charge is 0.251 e. The van der Waals surface area contributed by atoms with E-state index in [0.29, 0.717) is 0 Å². The summed E-state index contributed by atoms with van der Waals surface area (Å²) in [5, 5.41) is 6.31. The lowest BCUT2D eigenvalue weighted by molar-refractivity contribution is 0.0940. The maximum atomic E-state index is 12.1. The SMILES string of the molecule is CN(C)Cc1cccc(C(=O)NC2CCNC2)c1. The molecule has 98 valence electrons. The van der Waals surface area contributed by atoms with Gasteiger partial charge in [0.25, 0.3) is 5.91 Å². The molecule has 1 saturated heterocycles. The summed E-state index contributed by atoms with van der Waals surface area (Å²) < 4.78 is 0. The van der Waals surface area contributed by atoms with Crippen LogP contribution in [0.4, 0.5) is 0 Å². The van der Waals surface area contributed by atoms with Crippen molar-refractivity contribution in [2.45, 2.75) is 19.0 Å². The molecule has 2 rings (SSSR count). The van der Waals surface area contributed by atoms with Crippen molar-refractivity contribution in [1.82, 2.24) is 15.5 Å². The highest BCUT2D eigenvalue weighted by molar-refractivity contribution is 5.94. The van der Waals surface area contributed by atoms with Gasteiger partial charge in [-0.05, 0) is 44.8 Å². The predicted octanol–water partition coefficient (Wildman–Crippen LogP) is 0.840. The summed E-state index contributed by atoms with van der Waals surface area (Å²) in [6.45, 7) is 2.72. The van der Waals surface area contributed by atoms with Crippen LogP contribution < -0.4 is 10.6 Å². The zero-order valence-electron chi connectivity index (χ0n) is 11.1. The minimum Gasteiger partial charge on any atom is -0.348 e. The number of carbonyl (C=O) groups is 1. The molecule has 1 amide bonds. The molecule has 0 aliphatic carbocycles. The third kappa shape index (κ3) is 3.55. The monoisotopic (exact) mass is 247 g/mol. The second kappa shape index (κ2) is 5.98. The minimum absolute atomic E-state index is 0.0318. The van der Waals surface area contributed by atoms with Gasteiger partial charge in [-0.15, -0.1) is 0 Å². The first-order valence-electron chi connectivity index (χ1n) is 6.40. The van der Waals surface area contributed by atoms with E-state index in [1.807, 2.05) is 38.4 Å². The molecule has 0 bridgehead atoms. The molecular weight excluding hydrogens is 226 g/mol. The Kier molecular flexibility index (Phi) is 4.33. The summed E-state index contributed by atoms with van der Waals surface area (Å²) >= 11 is 0. The number of nitrogens with one attached hydrogen (secondary N) is 2. The number of amides is 1. The average molecular weight is 247 g/mol. The average Bonchev–Trinajstić information content (AvgIpc) is 2.81. The molecule has 1 aliphatic heterocycles. The standard InChI is InChI=1S/C14H21N3O/c1-17(2)10-11-4-3-5-12(8-11)14(18)16-13-6-7-15-9-13/h3-5,8,13,15H,6-7,9-10H2,1-2H3,(H,16,18). The van der Waals surface area contributed by atoms with Gasteiger partial charge in [-0.1, -0.05) is 12.1 Å². The summed E-state index contributed by atoms with van der Waals surface area (Å²) in [4.78, 5) is 14.2. The Labute approximate surface area is 108 Å². The van der Waals surface area contributed by atoms with Crippen molar-refractivity contribution >= 4 is 5.91 Å². The summed E-state index contributed by atoms with van der Waals surface area (Å²) in [5.74, 6) is 0.0318. The van der Waals surface area contributed by atoms with Gasteiger partial charge in [0.1, 0.15) is 0 Å². The van der Waals surface area contributed by atoms with E-state index < -0.39 is 0 Å². The predicted molar refractivity (Wildman–Crippen MR) is 72.6 cm³/mol. The second-order valence-corrected chi connectivity index (χ2v) is 5.10. The van der Waals surface area contributed by atoms with E-state index in [2.05, 4.69) is 15.5 Å². The molecule has 1 fully saturated rings. The van der Waals surface area contributed by atoms with Crippen LogP contribution in [0, 0.1) is 0 Å². The number of rotatable bonds is 4. The van der Waals surface area contributed by atoms with Gasteiger partial charge >= 0.3 is 0 Å². The fourth-order valence-corrected chi connectivity index (χ4v) is 2.22. The van der Waals surface area contributed by atoms with E-state index in [1.54, 1.807) is 0 Å². The molecule has 1 heterocycles. The van der Waals surface area contributed by atoms with Crippen LogP contribution in [-0.2, 0) is 6.54 Å². The normalized spacial score (nSPS) is 19.2. The molecular formula is C14H21N3O. The molecule has 1 atom stereocenters. The van der Waals surface area contributed by atoms with Gasteiger partial charge in [0.05, 0.1) is 0 Å². The van der Waals surface area contributed by atoms with Gasteiger partial charge in [-0.25, -0.2) is 0 Å². The third-order valence-corrected chi connectivity index (χ3v) is 3.08. The third-order valence-electron chi connectivity index (χ3n) is 3.08.